The smallest absolute Gasteiger partial charge is 0.128 e. The normalized spacial score (nSPS) is 11.0. The second-order valence-electron chi connectivity index (χ2n) is 2.97. The first-order valence-electron chi connectivity index (χ1n) is 4.06. The molecule has 0 spiro atoms. The third kappa shape index (κ3) is 1.10. The number of benzene rings is 1. The molecule has 13 heavy (non-hydrogen) atoms. The van der Waals surface area contributed by atoms with E-state index in [9.17, 15) is 4.39 Å². The topological polar surface area (TPSA) is 54.7 Å². The number of halogens is 1. The fourth-order valence-electron chi connectivity index (χ4n) is 1.52. The van der Waals surface area contributed by atoms with Gasteiger partial charge in [-0.3, -0.25) is 5.10 Å². The second kappa shape index (κ2) is 2.81. The van der Waals surface area contributed by atoms with Crippen molar-refractivity contribution < 1.29 is 4.39 Å². The molecule has 0 bridgehead atoms. The van der Waals surface area contributed by atoms with Gasteiger partial charge in [-0.25, -0.2) is 4.39 Å². The predicted octanol–water partition coefficient (Wildman–Crippen LogP) is 1.47. The maximum atomic E-state index is 13.3. The van der Waals surface area contributed by atoms with E-state index in [0.29, 0.717) is 5.56 Å². The van der Waals surface area contributed by atoms with Crippen LogP contribution in [0.25, 0.3) is 10.9 Å². The average Bonchev–Trinajstić information content (AvgIpc) is 2.49. The summed E-state index contributed by atoms with van der Waals surface area (Å²) in [5.41, 5.74) is 7.61. The lowest BCUT2D eigenvalue weighted by Crippen LogP contribution is -2.00. The van der Waals surface area contributed by atoms with Crippen LogP contribution in [0.3, 0.4) is 0 Å². The summed E-state index contributed by atoms with van der Waals surface area (Å²) in [6.07, 6.45) is 0. The Morgan fingerprint density at radius 2 is 2.31 bits per heavy atom. The second-order valence-corrected chi connectivity index (χ2v) is 2.97. The zero-order valence-electron chi connectivity index (χ0n) is 7.26. The van der Waals surface area contributed by atoms with Crippen molar-refractivity contribution >= 4 is 10.9 Å². The van der Waals surface area contributed by atoms with Crippen LogP contribution in [0.15, 0.2) is 12.1 Å². The molecule has 2 rings (SSSR count). The van der Waals surface area contributed by atoms with E-state index in [2.05, 4.69) is 10.2 Å². The molecule has 1 aromatic heterocycles. The largest absolute Gasteiger partial charge is 0.326 e. The molecule has 0 unspecified atom stereocenters. The molecule has 0 aliphatic carbocycles. The maximum Gasteiger partial charge on any atom is 0.128 e. The number of rotatable bonds is 1. The highest BCUT2D eigenvalue weighted by atomic mass is 19.1. The Kier molecular flexibility index (Phi) is 1.77. The fourth-order valence-corrected chi connectivity index (χ4v) is 1.52. The number of H-pyrrole nitrogens is 1. The molecular weight excluding hydrogens is 169 g/mol. The van der Waals surface area contributed by atoms with Gasteiger partial charge < -0.3 is 5.73 Å². The zero-order chi connectivity index (χ0) is 9.42. The Bertz CT molecular complexity index is 447. The van der Waals surface area contributed by atoms with Crippen LogP contribution >= 0.6 is 0 Å². The first-order chi connectivity index (χ1) is 6.24. The molecule has 0 radical (unpaired) electrons. The Morgan fingerprint density at radius 3 is 3.00 bits per heavy atom. The van der Waals surface area contributed by atoms with E-state index < -0.39 is 0 Å². The summed E-state index contributed by atoms with van der Waals surface area (Å²) in [5.74, 6) is -0.264. The van der Waals surface area contributed by atoms with Crippen LogP contribution in [0.2, 0.25) is 0 Å². The highest BCUT2D eigenvalue weighted by Gasteiger charge is 2.10. The van der Waals surface area contributed by atoms with Gasteiger partial charge in [0.25, 0.3) is 0 Å². The van der Waals surface area contributed by atoms with E-state index in [0.717, 1.165) is 16.6 Å². The van der Waals surface area contributed by atoms with Gasteiger partial charge in [0.15, 0.2) is 0 Å². The molecule has 0 aliphatic heterocycles. The summed E-state index contributed by atoms with van der Waals surface area (Å²) in [5, 5.41) is 7.63. The molecule has 3 nitrogen and oxygen atoms in total. The van der Waals surface area contributed by atoms with Crippen molar-refractivity contribution in [3.63, 3.8) is 0 Å². The molecule has 0 fully saturated rings. The number of aromatic nitrogens is 2. The van der Waals surface area contributed by atoms with Crippen LogP contribution in [0.4, 0.5) is 4.39 Å². The Balaban J connectivity index is 2.88. The first kappa shape index (κ1) is 8.19. The SMILES string of the molecule is Cc1[nH]nc2ccc(F)c(CN)c12. The number of hydrogen-bond donors (Lipinski definition) is 2. The van der Waals surface area contributed by atoms with Crippen molar-refractivity contribution in [3.05, 3.63) is 29.2 Å². The third-order valence-electron chi connectivity index (χ3n) is 2.16. The first-order valence-corrected chi connectivity index (χ1v) is 4.06. The summed E-state index contributed by atoms with van der Waals surface area (Å²) in [4.78, 5) is 0. The monoisotopic (exact) mass is 179 g/mol. The Hall–Kier alpha value is -1.42. The number of hydrogen-bond acceptors (Lipinski definition) is 2. The van der Waals surface area contributed by atoms with Crippen LogP contribution in [-0.4, -0.2) is 10.2 Å². The van der Waals surface area contributed by atoms with E-state index in [1.807, 2.05) is 6.92 Å². The zero-order valence-corrected chi connectivity index (χ0v) is 7.26. The van der Waals surface area contributed by atoms with Gasteiger partial charge in [0, 0.05) is 23.2 Å². The minimum atomic E-state index is -0.264. The van der Waals surface area contributed by atoms with Crippen molar-refractivity contribution in [2.75, 3.05) is 0 Å². The summed E-state index contributed by atoms with van der Waals surface area (Å²) in [7, 11) is 0. The predicted molar refractivity (Wildman–Crippen MR) is 48.7 cm³/mol. The van der Waals surface area contributed by atoms with Gasteiger partial charge in [0.2, 0.25) is 0 Å². The Labute approximate surface area is 74.7 Å². The van der Waals surface area contributed by atoms with E-state index >= 15 is 0 Å². The van der Waals surface area contributed by atoms with Gasteiger partial charge in [-0.15, -0.1) is 0 Å². The molecule has 0 aliphatic rings. The molecule has 3 N–H and O–H groups in total. The van der Waals surface area contributed by atoms with Gasteiger partial charge in [-0.1, -0.05) is 0 Å². The van der Waals surface area contributed by atoms with Crippen LogP contribution in [0.5, 0.6) is 0 Å². The van der Waals surface area contributed by atoms with Gasteiger partial charge in [0.05, 0.1) is 5.52 Å². The fraction of sp³-hybridized carbons (Fsp3) is 0.222. The highest BCUT2D eigenvalue weighted by Crippen LogP contribution is 2.22. The van der Waals surface area contributed by atoms with Gasteiger partial charge >= 0.3 is 0 Å². The van der Waals surface area contributed by atoms with Crippen LogP contribution in [-0.2, 0) is 6.54 Å². The molecule has 0 saturated heterocycles. The maximum absolute atomic E-state index is 13.3. The summed E-state index contributed by atoms with van der Waals surface area (Å²) in [6.45, 7) is 2.05. The molecule has 0 atom stereocenters. The van der Waals surface area contributed by atoms with Crippen LogP contribution < -0.4 is 5.73 Å². The lowest BCUT2D eigenvalue weighted by atomic mass is 10.1. The van der Waals surface area contributed by atoms with Crippen LogP contribution in [0, 0.1) is 12.7 Å². The van der Waals surface area contributed by atoms with E-state index in [1.54, 1.807) is 6.07 Å². The van der Waals surface area contributed by atoms with E-state index in [4.69, 9.17) is 5.73 Å². The van der Waals surface area contributed by atoms with Gasteiger partial charge in [-0.2, -0.15) is 5.10 Å². The summed E-state index contributed by atoms with van der Waals surface area (Å²) >= 11 is 0. The highest BCUT2D eigenvalue weighted by molar-refractivity contribution is 5.84. The molecule has 1 aromatic carbocycles. The van der Waals surface area contributed by atoms with Crippen molar-refractivity contribution in [2.24, 2.45) is 5.73 Å². The minimum absolute atomic E-state index is 0.198. The molecular formula is C9H10FN3. The number of fused-ring (bicyclic) bond motifs is 1. The summed E-state index contributed by atoms with van der Waals surface area (Å²) in [6, 6.07) is 3.04. The van der Waals surface area contributed by atoms with Gasteiger partial charge in [-0.05, 0) is 19.1 Å². The molecule has 0 saturated carbocycles. The average molecular weight is 179 g/mol. The number of aromatic amines is 1. The molecule has 0 amide bonds. The lowest BCUT2D eigenvalue weighted by Gasteiger charge is -2.01. The minimum Gasteiger partial charge on any atom is -0.326 e. The standard InChI is InChI=1S/C9H10FN3/c1-5-9-6(4-11)7(10)2-3-8(9)13-12-5/h2-3H,4,11H2,1H3,(H,12,13). The van der Waals surface area contributed by atoms with E-state index in [-0.39, 0.29) is 12.4 Å². The number of nitrogens with zero attached hydrogens (tertiary/aromatic N) is 1. The van der Waals surface area contributed by atoms with Crippen LogP contribution in [0.1, 0.15) is 11.3 Å². The molecule has 4 heteroatoms. The number of aryl methyl sites for hydroxylation is 1. The van der Waals surface area contributed by atoms with Crippen molar-refractivity contribution in [3.8, 4) is 0 Å². The Morgan fingerprint density at radius 1 is 1.54 bits per heavy atom. The molecule has 2 aromatic rings. The van der Waals surface area contributed by atoms with Crippen molar-refractivity contribution in [1.29, 1.82) is 0 Å². The van der Waals surface area contributed by atoms with Crippen molar-refractivity contribution in [2.45, 2.75) is 13.5 Å². The van der Waals surface area contributed by atoms with Crippen molar-refractivity contribution in [1.82, 2.24) is 10.2 Å². The lowest BCUT2D eigenvalue weighted by molar-refractivity contribution is 0.613. The summed E-state index contributed by atoms with van der Waals surface area (Å²) < 4.78 is 13.3. The third-order valence-corrected chi connectivity index (χ3v) is 2.16. The number of nitrogens with one attached hydrogen (secondary N) is 1. The molecule has 1 heterocycles. The number of nitrogens with two attached hydrogens (primary N) is 1. The van der Waals surface area contributed by atoms with Gasteiger partial charge in [0.1, 0.15) is 5.82 Å². The van der Waals surface area contributed by atoms with E-state index in [1.165, 1.54) is 6.07 Å². The quantitative estimate of drug-likeness (QED) is 0.696. The molecule has 68 valence electrons.